The van der Waals surface area contributed by atoms with E-state index in [9.17, 15) is 0 Å². The maximum atomic E-state index is 6.10. The number of nitrogens with zero attached hydrogens (tertiary/aromatic N) is 6. The van der Waals surface area contributed by atoms with Gasteiger partial charge in [-0.25, -0.2) is 9.97 Å². The van der Waals surface area contributed by atoms with Crippen molar-refractivity contribution in [2.45, 2.75) is 0 Å². The van der Waals surface area contributed by atoms with Crippen LogP contribution in [0.1, 0.15) is 0 Å². The molecule has 4 N–H and O–H groups in total. The van der Waals surface area contributed by atoms with Gasteiger partial charge in [0.1, 0.15) is 12.1 Å². The van der Waals surface area contributed by atoms with E-state index in [1.165, 1.54) is 11.0 Å². The molecule has 0 saturated carbocycles. The summed E-state index contributed by atoms with van der Waals surface area (Å²) in [5.74, 6) is 1.75. The Labute approximate surface area is 185 Å². The van der Waals surface area contributed by atoms with Gasteiger partial charge in [-0.3, -0.25) is 0 Å². The minimum atomic E-state index is 0.224. The third kappa shape index (κ3) is 4.44. The maximum absolute atomic E-state index is 6.10. The van der Waals surface area contributed by atoms with Gasteiger partial charge in [0, 0.05) is 36.2 Å². The van der Waals surface area contributed by atoms with Gasteiger partial charge in [0.05, 0.1) is 13.2 Å². The van der Waals surface area contributed by atoms with E-state index in [4.69, 9.17) is 10.5 Å². The van der Waals surface area contributed by atoms with Crippen molar-refractivity contribution in [1.29, 1.82) is 0 Å². The van der Waals surface area contributed by atoms with Crippen molar-refractivity contribution in [3.05, 3.63) is 67.0 Å². The van der Waals surface area contributed by atoms with Gasteiger partial charge in [0.15, 0.2) is 5.82 Å². The van der Waals surface area contributed by atoms with Crippen LogP contribution in [-0.2, 0) is 4.74 Å². The second kappa shape index (κ2) is 8.90. The van der Waals surface area contributed by atoms with Gasteiger partial charge in [-0.2, -0.15) is 9.67 Å². The number of anilines is 6. The Morgan fingerprint density at radius 2 is 1.62 bits per heavy atom. The van der Waals surface area contributed by atoms with E-state index >= 15 is 0 Å². The second-order valence-electron chi connectivity index (χ2n) is 7.23. The number of nitrogens with one attached hydrogen (secondary N) is 2. The molecule has 2 aromatic carbocycles. The molecule has 1 saturated heterocycles. The van der Waals surface area contributed by atoms with Crippen molar-refractivity contribution < 1.29 is 4.74 Å². The fourth-order valence-corrected chi connectivity index (χ4v) is 3.45. The highest BCUT2D eigenvalue weighted by atomic mass is 16.5. The minimum absolute atomic E-state index is 0.224. The first-order valence-corrected chi connectivity index (χ1v) is 10.3. The molecule has 1 fully saturated rings. The SMILES string of the molecule is Nc1nc(Nc2ccc(N3CCOCC3)cc2)nn1-c1cc(Nc2ccccc2)ncn1. The van der Waals surface area contributed by atoms with E-state index in [0.29, 0.717) is 17.6 Å². The molecule has 5 rings (SSSR count). The number of hydrogen-bond acceptors (Lipinski definition) is 9. The molecule has 4 aromatic rings. The summed E-state index contributed by atoms with van der Waals surface area (Å²) < 4.78 is 6.89. The summed E-state index contributed by atoms with van der Waals surface area (Å²) in [6.45, 7) is 3.31. The molecule has 32 heavy (non-hydrogen) atoms. The fourth-order valence-electron chi connectivity index (χ4n) is 3.45. The van der Waals surface area contributed by atoms with Crippen molar-refractivity contribution in [3.8, 4) is 5.82 Å². The number of ether oxygens (including phenoxy) is 1. The Morgan fingerprint density at radius 1 is 0.875 bits per heavy atom. The van der Waals surface area contributed by atoms with Crippen LogP contribution in [0.15, 0.2) is 67.0 Å². The molecular weight excluding hydrogens is 406 g/mol. The molecule has 1 aliphatic rings. The third-order valence-electron chi connectivity index (χ3n) is 5.05. The lowest BCUT2D eigenvalue weighted by Crippen LogP contribution is -2.36. The number of aromatic nitrogens is 5. The summed E-state index contributed by atoms with van der Waals surface area (Å²) in [7, 11) is 0. The number of para-hydroxylation sites is 1. The first-order chi connectivity index (χ1) is 15.7. The quantitative estimate of drug-likeness (QED) is 0.425. The van der Waals surface area contributed by atoms with Crippen LogP contribution < -0.4 is 21.3 Å². The third-order valence-corrected chi connectivity index (χ3v) is 5.05. The monoisotopic (exact) mass is 429 g/mol. The van der Waals surface area contributed by atoms with Crippen LogP contribution in [0, 0.1) is 0 Å². The predicted molar refractivity (Wildman–Crippen MR) is 124 cm³/mol. The van der Waals surface area contributed by atoms with Crippen molar-refractivity contribution in [1.82, 2.24) is 24.7 Å². The number of rotatable bonds is 6. The van der Waals surface area contributed by atoms with Crippen LogP contribution in [0.5, 0.6) is 0 Å². The van der Waals surface area contributed by atoms with Gasteiger partial charge in [0.25, 0.3) is 0 Å². The molecule has 0 amide bonds. The summed E-state index contributed by atoms with van der Waals surface area (Å²) in [5, 5.41) is 10.9. The van der Waals surface area contributed by atoms with Gasteiger partial charge in [0.2, 0.25) is 11.9 Å². The van der Waals surface area contributed by atoms with E-state index in [0.717, 1.165) is 43.4 Å². The van der Waals surface area contributed by atoms with Crippen LogP contribution in [0.4, 0.5) is 34.8 Å². The first-order valence-electron chi connectivity index (χ1n) is 10.3. The zero-order chi connectivity index (χ0) is 21.8. The average molecular weight is 429 g/mol. The van der Waals surface area contributed by atoms with Crippen LogP contribution in [0.2, 0.25) is 0 Å². The highest BCUT2D eigenvalue weighted by Crippen LogP contribution is 2.22. The largest absolute Gasteiger partial charge is 0.378 e. The average Bonchev–Trinajstić information content (AvgIpc) is 3.21. The van der Waals surface area contributed by atoms with Crippen molar-refractivity contribution in [2.24, 2.45) is 0 Å². The molecule has 10 heteroatoms. The van der Waals surface area contributed by atoms with Gasteiger partial charge < -0.3 is 26.0 Å². The number of nitrogen functional groups attached to an aromatic ring is 1. The molecule has 0 bridgehead atoms. The lowest BCUT2D eigenvalue weighted by atomic mass is 10.2. The second-order valence-corrected chi connectivity index (χ2v) is 7.23. The predicted octanol–water partition coefficient (Wildman–Crippen LogP) is 2.96. The van der Waals surface area contributed by atoms with Gasteiger partial charge in [-0.15, -0.1) is 5.10 Å². The Morgan fingerprint density at radius 3 is 2.41 bits per heavy atom. The highest BCUT2D eigenvalue weighted by molar-refractivity contribution is 5.61. The summed E-state index contributed by atoms with van der Waals surface area (Å²) in [5.41, 5.74) is 9.06. The molecule has 0 aliphatic carbocycles. The van der Waals surface area contributed by atoms with E-state index in [1.54, 1.807) is 6.07 Å². The topological polar surface area (TPSA) is 119 Å². The van der Waals surface area contributed by atoms with Crippen LogP contribution in [0.3, 0.4) is 0 Å². The van der Waals surface area contributed by atoms with Gasteiger partial charge in [-0.1, -0.05) is 18.2 Å². The molecule has 2 aromatic heterocycles. The first kappa shape index (κ1) is 19.8. The molecule has 0 radical (unpaired) electrons. The smallest absolute Gasteiger partial charge is 0.248 e. The minimum Gasteiger partial charge on any atom is -0.378 e. The van der Waals surface area contributed by atoms with Crippen molar-refractivity contribution >= 4 is 34.8 Å². The molecular formula is C22H23N9O. The van der Waals surface area contributed by atoms with Crippen molar-refractivity contribution in [3.63, 3.8) is 0 Å². The standard InChI is InChI=1S/C22H23N9O/c23-21-28-22(27-17-6-8-18(9-7-17)30-10-12-32-13-11-30)29-31(21)20-14-19(24-15-25-20)26-16-4-2-1-3-5-16/h1-9,14-15H,10-13H2,(H,24,25,26)(H3,23,27,28,29). The lowest BCUT2D eigenvalue weighted by Gasteiger charge is -2.28. The van der Waals surface area contributed by atoms with E-state index in [2.05, 4.69) is 47.7 Å². The number of morpholine rings is 1. The number of nitrogens with two attached hydrogens (primary N) is 1. The van der Waals surface area contributed by atoms with E-state index < -0.39 is 0 Å². The summed E-state index contributed by atoms with van der Waals surface area (Å²) in [6, 6.07) is 19.7. The van der Waals surface area contributed by atoms with E-state index in [1.807, 2.05) is 42.5 Å². The molecule has 3 heterocycles. The Bertz CT molecular complexity index is 1170. The Hall–Kier alpha value is -4.18. The van der Waals surface area contributed by atoms with Crippen LogP contribution in [0.25, 0.3) is 5.82 Å². The Kier molecular flexibility index (Phi) is 5.50. The Balaban J connectivity index is 1.30. The van der Waals surface area contributed by atoms with Gasteiger partial charge >= 0.3 is 0 Å². The molecule has 0 spiro atoms. The van der Waals surface area contributed by atoms with Gasteiger partial charge in [-0.05, 0) is 36.4 Å². The summed E-state index contributed by atoms with van der Waals surface area (Å²) in [6.07, 6.45) is 1.46. The normalized spacial score (nSPS) is 13.7. The zero-order valence-electron chi connectivity index (χ0n) is 17.3. The number of hydrogen-bond donors (Lipinski definition) is 3. The molecule has 162 valence electrons. The fraction of sp³-hybridized carbons (Fsp3) is 0.182. The summed E-state index contributed by atoms with van der Waals surface area (Å²) >= 11 is 0. The maximum Gasteiger partial charge on any atom is 0.248 e. The highest BCUT2D eigenvalue weighted by Gasteiger charge is 2.13. The van der Waals surface area contributed by atoms with Crippen LogP contribution in [-0.4, -0.2) is 51.0 Å². The zero-order valence-corrected chi connectivity index (χ0v) is 17.3. The lowest BCUT2D eigenvalue weighted by molar-refractivity contribution is 0.122. The molecule has 1 aliphatic heterocycles. The van der Waals surface area contributed by atoms with Crippen LogP contribution >= 0.6 is 0 Å². The molecule has 0 unspecified atom stereocenters. The van der Waals surface area contributed by atoms with Crippen molar-refractivity contribution in [2.75, 3.05) is 47.6 Å². The molecule has 10 nitrogen and oxygen atoms in total. The molecule has 0 atom stereocenters. The number of benzene rings is 2. The van der Waals surface area contributed by atoms with E-state index in [-0.39, 0.29) is 5.95 Å². The summed E-state index contributed by atoms with van der Waals surface area (Å²) in [4.78, 5) is 15.2.